The predicted octanol–water partition coefficient (Wildman–Crippen LogP) is 2.65. The number of carboxylic acid groups (broad SMARTS) is 1. The van der Waals surface area contributed by atoms with Crippen molar-refractivity contribution in [1.82, 2.24) is 4.90 Å². The molecule has 1 atom stereocenters. The maximum atomic E-state index is 12.3. The lowest BCUT2D eigenvalue weighted by Crippen LogP contribution is -2.43. The molecule has 1 saturated heterocycles. The van der Waals surface area contributed by atoms with E-state index in [4.69, 9.17) is 21.7 Å². The molecule has 2 heterocycles. The van der Waals surface area contributed by atoms with Crippen LogP contribution < -0.4 is 0 Å². The molecule has 5 nitrogen and oxygen atoms in total. The third kappa shape index (κ3) is 2.78. The van der Waals surface area contributed by atoms with E-state index in [0.717, 1.165) is 22.4 Å². The summed E-state index contributed by atoms with van der Waals surface area (Å²) in [6.07, 6.45) is 1.88. The number of carbonyl (C=O) groups is 2. The van der Waals surface area contributed by atoms with Gasteiger partial charge in [-0.05, 0) is 25.5 Å². The quantitative estimate of drug-likeness (QED) is 0.681. The van der Waals surface area contributed by atoms with Gasteiger partial charge in [0.2, 0.25) is 0 Å². The Kier molecular flexibility index (Phi) is 4.29. The summed E-state index contributed by atoms with van der Waals surface area (Å²) in [6, 6.07) is 2.61. The first-order chi connectivity index (χ1) is 9.43. The van der Waals surface area contributed by atoms with Gasteiger partial charge in [0.1, 0.15) is 21.9 Å². The van der Waals surface area contributed by atoms with Gasteiger partial charge in [0.25, 0.3) is 5.91 Å². The van der Waals surface area contributed by atoms with Crippen LogP contribution in [-0.2, 0) is 9.59 Å². The van der Waals surface area contributed by atoms with Gasteiger partial charge in [0, 0.05) is 6.08 Å². The zero-order chi connectivity index (χ0) is 14.9. The van der Waals surface area contributed by atoms with Crippen molar-refractivity contribution in [2.75, 3.05) is 0 Å². The van der Waals surface area contributed by atoms with Gasteiger partial charge in [0.05, 0.1) is 4.91 Å². The largest absolute Gasteiger partial charge is 0.480 e. The number of thiocarbonyl (C=S) groups is 1. The van der Waals surface area contributed by atoms with Crippen molar-refractivity contribution in [3.8, 4) is 0 Å². The molecule has 1 amide bonds. The standard InChI is InChI=1S/C13H13NO4S2/c1-3-9(12(16)17)14-11(15)10(20-13(14)19)6-8-5-4-7(2)18-8/h4-6,9H,3H2,1-2H3,(H,16,17)/t9-/m0/s1. The summed E-state index contributed by atoms with van der Waals surface area (Å²) in [5.74, 6) is -0.155. The summed E-state index contributed by atoms with van der Waals surface area (Å²) in [5, 5.41) is 9.15. The summed E-state index contributed by atoms with van der Waals surface area (Å²) in [6.45, 7) is 3.51. The molecule has 1 aliphatic rings. The van der Waals surface area contributed by atoms with Gasteiger partial charge in [-0.25, -0.2) is 4.79 Å². The monoisotopic (exact) mass is 311 g/mol. The highest BCUT2D eigenvalue weighted by Crippen LogP contribution is 2.34. The molecule has 0 radical (unpaired) electrons. The van der Waals surface area contributed by atoms with Crippen LogP contribution >= 0.6 is 24.0 Å². The molecule has 0 aliphatic carbocycles. The molecule has 1 aliphatic heterocycles. The second-order valence-electron chi connectivity index (χ2n) is 4.26. The summed E-state index contributed by atoms with van der Waals surface area (Å²) in [4.78, 5) is 25.0. The van der Waals surface area contributed by atoms with E-state index < -0.39 is 12.0 Å². The average Bonchev–Trinajstić information content (AvgIpc) is 2.89. The number of carboxylic acids is 1. The molecule has 0 saturated carbocycles. The van der Waals surface area contributed by atoms with Gasteiger partial charge in [-0.15, -0.1) is 0 Å². The van der Waals surface area contributed by atoms with Crippen LogP contribution in [0.25, 0.3) is 6.08 Å². The third-order valence-corrected chi connectivity index (χ3v) is 4.17. The number of aliphatic carboxylic acids is 1. The number of hydrogen-bond acceptors (Lipinski definition) is 5. The summed E-state index contributed by atoms with van der Waals surface area (Å²) < 4.78 is 5.64. The number of nitrogens with zero attached hydrogens (tertiary/aromatic N) is 1. The number of carbonyl (C=O) groups excluding carboxylic acids is 1. The van der Waals surface area contributed by atoms with Crippen molar-refractivity contribution in [3.63, 3.8) is 0 Å². The van der Waals surface area contributed by atoms with Crippen molar-refractivity contribution in [1.29, 1.82) is 0 Å². The highest BCUT2D eigenvalue weighted by Gasteiger charge is 2.39. The molecule has 1 fully saturated rings. The number of furan rings is 1. The number of hydrogen-bond donors (Lipinski definition) is 1. The zero-order valence-corrected chi connectivity index (χ0v) is 12.6. The van der Waals surface area contributed by atoms with Gasteiger partial charge < -0.3 is 9.52 Å². The maximum Gasteiger partial charge on any atom is 0.326 e. The molecule has 1 aromatic rings. The first-order valence-corrected chi connectivity index (χ1v) is 7.22. The van der Waals surface area contributed by atoms with Crippen LogP contribution in [0.15, 0.2) is 21.5 Å². The summed E-state index contributed by atoms with van der Waals surface area (Å²) in [5.41, 5.74) is 0. The van der Waals surface area contributed by atoms with Gasteiger partial charge in [-0.2, -0.15) is 0 Å². The molecule has 0 aromatic carbocycles. The van der Waals surface area contributed by atoms with Crippen LogP contribution in [0.5, 0.6) is 0 Å². The van der Waals surface area contributed by atoms with E-state index in [1.54, 1.807) is 32.1 Å². The zero-order valence-electron chi connectivity index (χ0n) is 11.0. The minimum absolute atomic E-state index is 0.263. The Morgan fingerprint density at radius 2 is 2.30 bits per heavy atom. The van der Waals surface area contributed by atoms with Crippen molar-refractivity contribution in [3.05, 3.63) is 28.6 Å². The van der Waals surface area contributed by atoms with Crippen molar-refractivity contribution >= 4 is 46.3 Å². The Morgan fingerprint density at radius 1 is 1.60 bits per heavy atom. The Hall–Kier alpha value is -1.60. The smallest absolute Gasteiger partial charge is 0.326 e. The molecule has 106 valence electrons. The number of aryl methyl sites for hydroxylation is 1. The normalized spacial score (nSPS) is 18.9. The van der Waals surface area contributed by atoms with E-state index in [-0.39, 0.29) is 10.2 Å². The van der Waals surface area contributed by atoms with E-state index in [1.807, 2.05) is 0 Å². The first-order valence-electron chi connectivity index (χ1n) is 6.00. The van der Waals surface area contributed by atoms with Gasteiger partial charge in [-0.1, -0.05) is 30.9 Å². The fourth-order valence-electron chi connectivity index (χ4n) is 1.88. The number of amides is 1. The molecular formula is C13H13NO4S2. The van der Waals surface area contributed by atoms with Gasteiger partial charge >= 0.3 is 5.97 Å². The lowest BCUT2D eigenvalue weighted by molar-refractivity contribution is -0.145. The Bertz CT molecular complexity index is 605. The third-order valence-electron chi connectivity index (χ3n) is 2.84. The molecule has 2 rings (SSSR count). The molecule has 7 heteroatoms. The first kappa shape index (κ1) is 14.8. The molecule has 0 unspecified atom stereocenters. The molecular weight excluding hydrogens is 298 g/mol. The summed E-state index contributed by atoms with van der Waals surface area (Å²) in [7, 11) is 0. The van der Waals surface area contributed by atoms with Crippen molar-refractivity contribution < 1.29 is 19.1 Å². The highest BCUT2D eigenvalue weighted by atomic mass is 32.2. The fraction of sp³-hybridized carbons (Fsp3) is 0.308. The molecule has 1 aromatic heterocycles. The predicted molar refractivity (Wildman–Crippen MR) is 80.2 cm³/mol. The molecule has 0 spiro atoms. The molecule has 20 heavy (non-hydrogen) atoms. The fourth-order valence-corrected chi connectivity index (χ4v) is 3.21. The van der Waals surface area contributed by atoms with Crippen LogP contribution in [0.3, 0.4) is 0 Å². The maximum absolute atomic E-state index is 12.3. The van der Waals surface area contributed by atoms with E-state index >= 15 is 0 Å². The molecule has 0 bridgehead atoms. The second-order valence-corrected chi connectivity index (χ2v) is 5.94. The van der Waals surface area contributed by atoms with Crippen LogP contribution in [0.4, 0.5) is 0 Å². The lowest BCUT2D eigenvalue weighted by Gasteiger charge is -2.21. The highest BCUT2D eigenvalue weighted by molar-refractivity contribution is 8.26. The molecule has 1 N–H and O–H groups in total. The second kappa shape index (κ2) is 5.80. The minimum atomic E-state index is -1.06. The van der Waals surface area contributed by atoms with Crippen molar-refractivity contribution in [2.24, 2.45) is 0 Å². The number of thioether (sulfide) groups is 1. The minimum Gasteiger partial charge on any atom is -0.480 e. The van der Waals surface area contributed by atoms with E-state index in [1.165, 1.54) is 0 Å². The Morgan fingerprint density at radius 3 is 2.80 bits per heavy atom. The Balaban J connectivity index is 2.29. The van der Waals surface area contributed by atoms with Crippen LogP contribution in [-0.4, -0.2) is 32.2 Å². The Labute approximate surface area is 125 Å². The van der Waals surface area contributed by atoms with Crippen LogP contribution in [0.2, 0.25) is 0 Å². The summed E-state index contributed by atoms with van der Waals surface area (Å²) >= 11 is 6.20. The SMILES string of the molecule is CC[C@@H](C(=O)O)N1C(=O)C(=Cc2ccc(C)o2)SC1=S. The van der Waals surface area contributed by atoms with Crippen LogP contribution in [0.1, 0.15) is 24.9 Å². The van der Waals surface area contributed by atoms with Gasteiger partial charge in [0.15, 0.2) is 0 Å². The topological polar surface area (TPSA) is 70.8 Å². The number of rotatable bonds is 4. The van der Waals surface area contributed by atoms with E-state index in [9.17, 15) is 9.59 Å². The lowest BCUT2D eigenvalue weighted by atomic mass is 10.2. The van der Waals surface area contributed by atoms with Gasteiger partial charge in [-0.3, -0.25) is 9.69 Å². The van der Waals surface area contributed by atoms with E-state index in [2.05, 4.69) is 0 Å². The average molecular weight is 311 g/mol. The van der Waals surface area contributed by atoms with Crippen LogP contribution in [0, 0.1) is 6.92 Å². The van der Waals surface area contributed by atoms with Crippen molar-refractivity contribution in [2.45, 2.75) is 26.3 Å². The van der Waals surface area contributed by atoms with E-state index in [0.29, 0.717) is 17.1 Å².